The average Bonchev–Trinajstić information content (AvgIpc) is 3.20. The van der Waals surface area contributed by atoms with Crippen molar-refractivity contribution in [2.45, 2.75) is 19.5 Å². The molecule has 2 heterocycles. The molecule has 1 aromatic heterocycles. The second-order valence-electron chi connectivity index (χ2n) is 7.81. The summed E-state index contributed by atoms with van der Waals surface area (Å²) in [5.41, 5.74) is 6.34. The molecule has 0 saturated heterocycles. The van der Waals surface area contributed by atoms with Crippen molar-refractivity contribution in [3.05, 3.63) is 118 Å². The first-order valence-corrected chi connectivity index (χ1v) is 11.0. The highest BCUT2D eigenvalue weighted by molar-refractivity contribution is 9.10. The Balaban J connectivity index is 1.62. The summed E-state index contributed by atoms with van der Waals surface area (Å²) in [5.74, 6) is 0. The van der Waals surface area contributed by atoms with Crippen molar-refractivity contribution in [1.82, 2.24) is 9.47 Å². The Morgan fingerprint density at radius 1 is 0.935 bits per heavy atom. The number of para-hydroxylation sites is 1. The zero-order valence-corrected chi connectivity index (χ0v) is 18.7. The Morgan fingerprint density at radius 2 is 1.68 bits per heavy atom. The van der Waals surface area contributed by atoms with E-state index in [9.17, 15) is 4.79 Å². The minimum atomic E-state index is -0.210. The quantitative estimate of drug-likeness (QED) is 0.347. The lowest BCUT2D eigenvalue weighted by atomic mass is 10.0. The van der Waals surface area contributed by atoms with Crippen LogP contribution in [0.25, 0.3) is 5.69 Å². The van der Waals surface area contributed by atoms with Crippen LogP contribution in [0.5, 0.6) is 0 Å². The normalized spacial score (nSPS) is 15.0. The van der Waals surface area contributed by atoms with Crippen molar-refractivity contribution in [3.8, 4) is 5.69 Å². The van der Waals surface area contributed by atoms with Gasteiger partial charge in [0.05, 0.1) is 18.3 Å². The van der Waals surface area contributed by atoms with Crippen LogP contribution in [0.15, 0.2) is 95.6 Å². The van der Waals surface area contributed by atoms with E-state index in [4.69, 9.17) is 0 Å². The van der Waals surface area contributed by atoms with Gasteiger partial charge in [-0.1, -0.05) is 64.0 Å². The van der Waals surface area contributed by atoms with E-state index in [1.54, 1.807) is 0 Å². The standard InChI is InChI=1S/C26H22BrN3O/c1-18-8-10-19(11-9-18)25-24-7-4-16-29(24)23-6-3-2-5-20(23)17-30(25)26(31)28-22-14-12-21(27)13-15-22/h2-16,25H,17H2,1H3,(H,28,31)/t25-/m0/s1. The van der Waals surface area contributed by atoms with Crippen molar-refractivity contribution in [1.29, 1.82) is 0 Å². The molecule has 31 heavy (non-hydrogen) atoms. The number of rotatable bonds is 2. The number of urea groups is 1. The third-order valence-electron chi connectivity index (χ3n) is 5.71. The van der Waals surface area contributed by atoms with Gasteiger partial charge in [0, 0.05) is 22.1 Å². The Kier molecular flexibility index (Phi) is 5.12. The third kappa shape index (κ3) is 3.77. The first kappa shape index (κ1) is 19.6. The van der Waals surface area contributed by atoms with E-state index in [0.29, 0.717) is 6.54 Å². The van der Waals surface area contributed by atoms with Gasteiger partial charge >= 0.3 is 6.03 Å². The summed E-state index contributed by atoms with van der Waals surface area (Å²) in [5, 5.41) is 3.09. The number of aryl methyl sites for hydroxylation is 1. The lowest BCUT2D eigenvalue weighted by Crippen LogP contribution is -2.37. The second kappa shape index (κ2) is 8.08. The fraction of sp³-hybridized carbons (Fsp3) is 0.115. The van der Waals surface area contributed by atoms with E-state index < -0.39 is 0 Å². The van der Waals surface area contributed by atoms with Crippen LogP contribution in [-0.4, -0.2) is 15.5 Å². The zero-order chi connectivity index (χ0) is 21.4. The third-order valence-corrected chi connectivity index (χ3v) is 6.24. The van der Waals surface area contributed by atoms with Crippen molar-refractivity contribution in [3.63, 3.8) is 0 Å². The van der Waals surface area contributed by atoms with Crippen LogP contribution in [0, 0.1) is 6.92 Å². The average molecular weight is 472 g/mol. The maximum atomic E-state index is 13.6. The van der Waals surface area contributed by atoms with Crippen LogP contribution >= 0.6 is 15.9 Å². The monoisotopic (exact) mass is 471 g/mol. The van der Waals surface area contributed by atoms with Gasteiger partial charge in [0.25, 0.3) is 0 Å². The van der Waals surface area contributed by atoms with Crippen LogP contribution in [0.3, 0.4) is 0 Å². The summed E-state index contributed by atoms with van der Waals surface area (Å²) >= 11 is 3.45. The summed E-state index contributed by atoms with van der Waals surface area (Å²) < 4.78 is 3.18. The van der Waals surface area contributed by atoms with E-state index in [-0.39, 0.29) is 12.1 Å². The van der Waals surface area contributed by atoms with Crippen LogP contribution < -0.4 is 5.32 Å². The molecule has 0 radical (unpaired) electrons. The Labute approximate surface area is 190 Å². The minimum Gasteiger partial charge on any atom is -0.318 e. The molecule has 0 aliphatic carbocycles. The highest BCUT2D eigenvalue weighted by atomic mass is 79.9. The molecule has 4 aromatic rings. The van der Waals surface area contributed by atoms with Crippen molar-refractivity contribution in [2.75, 3.05) is 5.32 Å². The number of nitrogens with one attached hydrogen (secondary N) is 1. The Hall–Kier alpha value is -3.31. The molecule has 0 spiro atoms. The first-order chi connectivity index (χ1) is 15.1. The summed E-state index contributed by atoms with van der Waals surface area (Å²) in [6.07, 6.45) is 2.07. The van der Waals surface area contributed by atoms with Crippen molar-refractivity contribution >= 4 is 27.6 Å². The maximum absolute atomic E-state index is 13.6. The van der Waals surface area contributed by atoms with Crippen LogP contribution in [-0.2, 0) is 6.54 Å². The number of hydrogen-bond donors (Lipinski definition) is 1. The van der Waals surface area contributed by atoms with Crippen LogP contribution in [0.2, 0.25) is 0 Å². The highest BCUT2D eigenvalue weighted by Gasteiger charge is 2.32. The Morgan fingerprint density at radius 3 is 2.45 bits per heavy atom. The molecule has 1 aliphatic heterocycles. The van der Waals surface area contributed by atoms with E-state index in [2.05, 4.69) is 81.4 Å². The molecule has 2 amide bonds. The van der Waals surface area contributed by atoms with E-state index in [1.807, 2.05) is 47.4 Å². The predicted molar refractivity (Wildman–Crippen MR) is 127 cm³/mol. The molecule has 0 saturated carbocycles. The molecule has 4 nitrogen and oxygen atoms in total. The van der Waals surface area contributed by atoms with Gasteiger partial charge in [-0.15, -0.1) is 0 Å². The number of benzene rings is 3. The molecule has 3 aromatic carbocycles. The van der Waals surface area contributed by atoms with Crippen LogP contribution in [0.4, 0.5) is 10.5 Å². The topological polar surface area (TPSA) is 37.3 Å². The fourth-order valence-electron chi connectivity index (χ4n) is 4.17. The smallest absolute Gasteiger partial charge is 0.318 e. The number of anilines is 1. The predicted octanol–water partition coefficient (Wildman–Crippen LogP) is 6.69. The number of hydrogen-bond acceptors (Lipinski definition) is 1. The summed E-state index contributed by atoms with van der Waals surface area (Å²) in [6.45, 7) is 2.59. The molecule has 1 N–H and O–H groups in total. The van der Waals surface area contributed by atoms with Crippen molar-refractivity contribution in [2.24, 2.45) is 0 Å². The molecule has 5 rings (SSSR count). The number of carbonyl (C=O) groups is 1. The van der Waals surface area contributed by atoms with Gasteiger partial charge < -0.3 is 14.8 Å². The SMILES string of the molecule is Cc1ccc([C@H]2c3cccn3-c3ccccc3CN2C(=O)Nc2ccc(Br)cc2)cc1. The molecule has 1 aliphatic rings. The van der Waals surface area contributed by atoms with Gasteiger partial charge in [-0.2, -0.15) is 0 Å². The summed E-state index contributed by atoms with van der Waals surface area (Å²) in [4.78, 5) is 15.5. The number of halogens is 1. The molecule has 0 bridgehead atoms. The van der Waals surface area contributed by atoms with Gasteiger partial charge in [0.1, 0.15) is 0 Å². The zero-order valence-electron chi connectivity index (χ0n) is 17.1. The number of nitrogens with zero attached hydrogens (tertiary/aromatic N) is 2. The molecule has 1 atom stereocenters. The number of aromatic nitrogens is 1. The maximum Gasteiger partial charge on any atom is 0.322 e. The minimum absolute atomic E-state index is 0.127. The van der Waals surface area contributed by atoms with Gasteiger partial charge in [-0.25, -0.2) is 4.79 Å². The first-order valence-electron chi connectivity index (χ1n) is 10.3. The lowest BCUT2D eigenvalue weighted by molar-refractivity contribution is 0.194. The van der Waals surface area contributed by atoms with Gasteiger partial charge in [0.2, 0.25) is 0 Å². The van der Waals surface area contributed by atoms with Crippen LogP contribution in [0.1, 0.15) is 28.4 Å². The van der Waals surface area contributed by atoms with Crippen molar-refractivity contribution < 1.29 is 4.79 Å². The lowest BCUT2D eigenvalue weighted by Gasteiger charge is -2.31. The number of amides is 2. The number of carbonyl (C=O) groups excluding carboxylic acids is 1. The molecule has 5 heteroatoms. The molecule has 0 unspecified atom stereocenters. The van der Waals surface area contributed by atoms with Gasteiger partial charge in [-0.05, 0) is 60.5 Å². The summed E-state index contributed by atoms with van der Waals surface area (Å²) in [7, 11) is 0. The highest BCUT2D eigenvalue weighted by Crippen LogP contribution is 2.37. The van der Waals surface area contributed by atoms with Gasteiger partial charge in [-0.3, -0.25) is 0 Å². The van der Waals surface area contributed by atoms with E-state index in [1.165, 1.54) is 5.56 Å². The largest absolute Gasteiger partial charge is 0.322 e. The molecule has 0 fully saturated rings. The second-order valence-corrected chi connectivity index (χ2v) is 8.73. The Bertz CT molecular complexity index is 1230. The van der Waals surface area contributed by atoms with E-state index >= 15 is 0 Å². The van der Waals surface area contributed by atoms with E-state index in [0.717, 1.165) is 32.7 Å². The molecule has 154 valence electrons. The molecular weight excluding hydrogens is 450 g/mol. The molecular formula is C26H22BrN3O. The number of fused-ring (bicyclic) bond motifs is 3. The fourth-order valence-corrected chi connectivity index (χ4v) is 4.43. The summed E-state index contributed by atoms with van der Waals surface area (Å²) in [6, 6.07) is 28.2. The van der Waals surface area contributed by atoms with Gasteiger partial charge in [0.15, 0.2) is 0 Å².